The molecule has 0 saturated heterocycles. The third kappa shape index (κ3) is 2.58. The largest absolute Gasteiger partial charge is 0.354 e. The molecule has 110 valence electrons. The minimum absolute atomic E-state index is 0.132. The number of nitrogens with one attached hydrogen (secondary N) is 1. The fraction of sp³-hybridized carbons (Fsp3) is 0.429. The van der Waals surface area contributed by atoms with Crippen LogP contribution >= 0.6 is 0 Å². The van der Waals surface area contributed by atoms with Crippen molar-refractivity contribution in [2.75, 3.05) is 18.9 Å². The predicted molar refractivity (Wildman–Crippen MR) is 77.9 cm³/mol. The van der Waals surface area contributed by atoms with Crippen molar-refractivity contribution in [1.29, 1.82) is 0 Å². The van der Waals surface area contributed by atoms with Crippen molar-refractivity contribution in [3.05, 3.63) is 35.9 Å². The van der Waals surface area contributed by atoms with Crippen molar-refractivity contribution in [3.8, 4) is 0 Å². The topological polar surface area (TPSA) is 75.9 Å². The number of nitrogens with zero attached hydrogens (tertiary/aromatic N) is 5. The van der Waals surface area contributed by atoms with E-state index in [1.54, 1.807) is 22.8 Å². The Balaban J connectivity index is 1.79. The third-order valence-electron chi connectivity index (χ3n) is 3.71. The molecule has 1 aliphatic rings. The van der Waals surface area contributed by atoms with Crippen LogP contribution in [0.1, 0.15) is 35.7 Å². The van der Waals surface area contributed by atoms with Crippen LogP contribution in [0.15, 0.2) is 24.4 Å². The second-order valence-electron chi connectivity index (χ2n) is 5.11. The number of pyridine rings is 1. The smallest absolute Gasteiger partial charge is 0.293 e. The highest BCUT2D eigenvalue weighted by Gasteiger charge is 2.25. The summed E-state index contributed by atoms with van der Waals surface area (Å²) < 4.78 is 1.75. The summed E-state index contributed by atoms with van der Waals surface area (Å²) in [5.74, 6) is 0.699. The zero-order chi connectivity index (χ0) is 14.8. The highest BCUT2D eigenvalue weighted by molar-refractivity contribution is 5.90. The molecule has 1 N–H and O–H groups in total. The van der Waals surface area contributed by atoms with Gasteiger partial charge in [0.15, 0.2) is 0 Å². The Morgan fingerprint density at radius 2 is 2.33 bits per heavy atom. The molecule has 2 aromatic rings. The molecule has 0 aliphatic carbocycles. The van der Waals surface area contributed by atoms with Gasteiger partial charge in [0.05, 0.1) is 11.7 Å². The fourth-order valence-corrected chi connectivity index (χ4v) is 2.30. The van der Waals surface area contributed by atoms with Crippen LogP contribution in [-0.4, -0.2) is 44.1 Å². The van der Waals surface area contributed by atoms with Crippen molar-refractivity contribution in [1.82, 2.24) is 24.6 Å². The number of aromatic nitrogens is 4. The molecule has 1 amide bonds. The molecule has 0 spiro atoms. The van der Waals surface area contributed by atoms with Crippen LogP contribution in [0.25, 0.3) is 0 Å². The molecule has 1 unspecified atom stereocenters. The van der Waals surface area contributed by atoms with Gasteiger partial charge in [-0.05, 0) is 25.5 Å². The average molecular weight is 286 g/mol. The Bertz CT molecular complexity index is 615. The molecule has 7 heteroatoms. The second kappa shape index (κ2) is 5.51. The SMILES string of the molecule is CC(c1ccccn1)N(C)C(=O)c1nc2n(n1)CCCN2. The van der Waals surface area contributed by atoms with Crippen LogP contribution in [0.3, 0.4) is 0 Å². The summed E-state index contributed by atoms with van der Waals surface area (Å²) in [6, 6.07) is 5.54. The van der Waals surface area contributed by atoms with Crippen molar-refractivity contribution >= 4 is 11.9 Å². The standard InChI is InChI=1S/C14H18N6O/c1-10(11-6-3-4-7-15-11)19(2)13(21)12-17-14-16-8-5-9-20(14)18-12/h3-4,6-7,10H,5,8-9H2,1-2H3,(H,16,17,18). The van der Waals surface area contributed by atoms with Crippen molar-refractivity contribution < 1.29 is 4.79 Å². The molecular weight excluding hydrogens is 268 g/mol. The lowest BCUT2D eigenvalue weighted by Gasteiger charge is -2.23. The van der Waals surface area contributed by atoms with Gasteiger partial charge < -0.3 is 10.2 Å². The van der Waals surface area contributed by atoms with Crippen LogP contribution in [0.2, 0.25) is 0 Å². The van der Waals surface area contributed by atoms with E-state index in [1.165, 1.54) is 0 Å². The average Bonchev–Trinajstić information content (AvgIpc) is 2.97. The summed E-state index contributed by atoms with van der Waals surface area (Å²) in [4.78, 5) is 22.7. The number of carbonyl (C=O) groups is 1. The van der Waals surface area contributed by atoms with Gasteiger partial charge in [0, 0.05) is 26.3 Å². The quantitative estimate of drug-likeness (QED) is 0.921. The first-order valence-electron chi connectivity index (χ1n) is 7.03. The molecule has 1 aliphatic heterocycles. The van der Waals surface area contributed by atoms with E-state index in [9.17, 15) is 4.79 Å². The molecule has 21 heavy (non-hydrogen) atoms. The fourth-order valence-electron chi connectivity index (χ4n) is 2.30. The Hall–Kier alpha value is -2.44. The van der Waals surface area contributed by atoms with Crippen LogP contribution < -0.4 is 5.32 Å². The second-order valence-corrected chi connectivity index (χ2v) is 5.11. The van der Waals surface area contributed by atoms with E-state index in [0.717, 1.165) is 25.2 Å². The Morgan fingerprint density at radius 1 is 1.48 bits per heavy atom. The zero-order valence-electron chi connectivity index (χ0n) is 12.2. The normalized spacial score (nSPS) is 15.0. The summed E-state index contributed by atoms with van der Waals surface area (Å²) in [6.07, 6.45) is 2.71. The van der Waals surface area contributed by atoms with Crippen LogP contribution in [-0.2, 0) is 6.54 Å². The first-order valence-corrected chi connectivity index (χ1v) is 7.03. The number of rotatable bonds is 3. The van der Waals surface area contributed by atoms with Gasteiger partial charge in [-0.25, -0.2) is 4.68 Å². The molecule has 0 fully saturated rings. The highest BCUT2D eigenvalue weighted by Crippen LogP contribution is 2.19. The summed E-state index contributed by atoms with van der Waals surface area (Å²) in [7, 11) is 1.75. The van der Waals surface area contributed by atoms with Crippen LogP contribution in [0.5, 0.6) is 0 Å². The van der Waals surface area contributed by atoms with Gasteiger partial charge in [0.25, 0.3) is 5.91 Å². The maximum Gasteiger partial charge on any atom is 0.293 e. The van der Waals surface area contributed by atoms with Gasteiger partial charge in [0.1, 0.15) is 0 Å². The lowest BCUT2D eigenvalue weighted by Crippen LogP contribution is -2.31. The third-order valence-corrected chi connectivity index (χ3v) is 3.71. The molecule has 0 saturated carbocycles. The van der Waals surface area contributed by atoms with E-state index < -0.39 is 0 Å². The van der Waals surface area contributed by atoms with E-state index in [2.05, 4.69) is 20.4 Å². The number of carbonyl (C=O) groups excluding carboxylic acids is 1. The van der Waals surface area contributed by atoms with Gasteiger partial charge in [-0.3, -0.25) is 9.78 Å². The van der Waals surface area contributed by atoms with Crippen LogP contribution in [0.4, 0.5) is 5.95 Å². The van der Waals surface area contributed by atoms with E-state index in [4.69, 9.17) is 0 Å². The van der Waals surface area contributed by atoms with E-state index in [1.807, 2.05) is 25.1 Å². The molecule has 0 bridgehead atoms. The van der Waals surface area contributed by atoms with Gasteiger partial charge in [0.2, 0.25) is 11.8 Å². The maximum absolute atomic E-state index is 12.5. The molecule has 0 aromatic carbocycles. The van der Waals surface area contributed by atoms with E-state index >= 15 is 0 Å². The minimum Gasteiger partial charge on any atom is -0.354 e. The Morgan fingerprint density at radius 3 is 3.05 bits per heavy atom. The predicted octanol–water partition coefficient (Wildman–Crippen LogP) is 1.32. The number of amides is 1. The van der Waals surface area contributed by atoms with Crippen molar-refractivity contribution in [2.24, 2.45) is 0 Å². The number of aryl methyl sites for hydroxylation is 1. The zero-order valence-corrected chi connectivity index (χ0v) is 12.2. The maximum atomic E-state index is 12.5. The number of anilines is 1. The van der Waals surface area contributed by atoms with Crippen molar-refractivity contribution in [3.63, 3.8) is 0 Å². The number of fused-ring (bicyclic) bond motifs is 1. The number of hydrogen-bond acceptors (Lipinski definition) is 5. The van der Waals surface area contributed by atoms with Gasteiger partial charge in [-0.15, -0.1) is 5.10 Å². The molecule has 0 radical (unpaired) electrons. The number of hydrogen-bond donors (Lipinski definition) is 1. The van der Waals surface area contributed by atoms with E-state index in [-0.39, 0.29) is 17.8 Å². The molecule has 2 aromatic heterocycles. The van der Waals surface area contributed by atoms with E-state index in [0.29, 0.717) is 5.95 Å². The summed E-state index contributed by atoms with van der Waals surface area (Å²) in [6.45, 7) is 3.60. The van der Waals surface area contributed by atoms with Crippen molar-refractivity contribution in [2.45, 2.75) is 25.9 Å². The van der Waals surface area contributed by atoms with Gasteiger partial charge in [-0.2, -0.15) is 4.98 Å². The molecular formula is C14H18N6O. The molecule has 3 rings (SSSR count). The van der Waals surface area contributed by atoms with Gasteiger partial charge in [-0.1, -0.05) is 6.07 Å². The summed E-state index contributed by atoms with van der Waals surface area (Å²) in [5, 5.41) is 7.42. The summed E-state index contributed by atoms with van der Waals surface area (Å²) >= 11 is 0. The first-order chi connectivity index (χ1) is 10.2. The lowest BCUT2D eigenvalue weighted by molar-refractivity contribution is 0.0727. The monoisotopic (exact) mass is 286 g/mol. The first kappa shape index (κ1) is 13.5. The minimum atomic E-state index is -0.197. The molecule has 7 nitrogen and oxygen atoms in total. The highest BCUT2D eigenvalue weighted by atomic mass is 16.2. The Kier molecular flexibility index (Phi) is 3.55. The lowest BCUT2D eigenvalue weighted by atomic mass is 10.2. The van der Waals surface area contributed by atoms with Gasteiger partial charge >= 0.3 is 0 Å². The molecule has 3 heterocycles. The molecule has 1 atom stereocenters. The Labute approximate surface area is 123 Å². The summed E-state index contributed by atoms with van der Waals surface area (Å²) in [5.41, 5.74) is 0.843. The van der Waals surface area contributed by atoms with Crippen LogP contribution in [0, 0.1) is 0 Å².